The van der Waals surface area contributed by atoms with Crippen LogP contribution in [0.3, 0.4) is 0 Å². The monoisotopic (exact) mass is 233 g/mol. The van der Waals surface area contributed by atoms with Crippen LogP contribution in [0.5, 0.6) is 0 Å². The number of alkyl halides is 2. The van der Waals surface area contributed by atoms with Gasteiger partial charge >= 0.3 is 0 Å². The van der Waals surface area contributed by atoms with Crippen LogP contribution in [0.25, 0.3) is 0 Å². The number of halogens is 2. The first-order valence-electron chi connectivity index (χ1n) is 4.01. The molecule has 1 N–H and O–H groups in total. The van der Waals surface area contributed by atoms with E-state index in [1.807, 2.05) is 0 Å². The Morgan fingerprint density at radius 1 is 1.40 bits per heavy atom. The lowest BCUT2D eigenvalue weighted by molar-refractivity contribution is 0.0537. The zero-order valence-electron chi connectivity index (χ0n) is 7.87. The van der Waals surface area contributed by atoms with Gasteiger partial charge in [0.2, 0.25) is 0 Å². The number of hydrogen-bond donors (Lipinski definition) is 1. The summed E-state index contributed by atoms with van der Waals surface area (Å²) in [4.78, 5) is 16.0. The highest BCUT2D eigenvalue weighted by atomic mass is 32.2. The average Bonchev–Trinajstić information content (AvgIpc) is 2.18. The molecule has 0 fully saturated rings. The Kier molecular flexibility index (Phi) is 4.51. The van der Waals surface area contributed by atoms with Crippen molar-refractivity contribution in [2.24, 2.45) is 0 Å². The summed E-state index contributed by atoms with van der Waals surface area (Å²) in [7, 11) is 1.32. The van der Waals surface area contributed by atoms with Crippen LogP contribution in [-0.4, -0.2) is 18.8 Å². The summed E-state index contributed by atoms with van der Waals surface area (Å²) in [5, 5.41) is 0. The Hall–Kier alpha value is -1.14. The Balaban J connectivity index is 2.67. The molecule has 0 atom stereocenters. The minimum Gasteiger partial charge on any atom is -0.277 e. The second-order valence-electron chi connectivity index (χ2n) is 2.54. The molecule has 1 rings (SSSR count). The second-order valence-corrected chi connectivity index (χ2v) is 3.60. The van der Waals surface area contributed by atoms with Gasteiger partial charge < -0.3 is 0 Å². The lowest BCUT2D eigenvalue weighted by atomic mass is 10.2. The Labute approximate surface area is 89.8 Å². The number of hydrogen-bond acceptors (Lipinski definition) is 3. The standard InChI is InChI=1S/C9H9F2NO2S/c1-14-12-8(13)6-2-4-7(5-3-6)15-9(10)11/h2-5,9H,1H3,(H,12,13). The molecule has 82 valence electrons. The van der Waals surface area contributed by atoms with Crippen LogP contribution in [-0.2, 0) is 4.84 Å². The molecule has 1 amide bonds. The summed E-state index contributed by atoms with van der Waals surface area (Å²) in [6.45, 7) is 0. The van der Waals surface area contributed by atoms with Gasteiger partial charge in [-0.1, -0.05) is 11.8 Å². The van der Waals surface area contributed by atoms with Crippen molar-refractivity contribution in [1.29, 1.82) is 0 Å². The molecule has 0 saturated carbocycles. The predicted molar refractivity (Wildman–Crippen MR) is 52.8 cm³/mol. The number of amides is 1. The van der Waals surface area contributed by atoms with E-state index in [4.69, 9.17) is 0 Å². The number of carbonyl (C=O) groups excluding carboxylic acids is 1. The number of benzene rings is 1. The van der Waals surface area contributed by atoms with Crippen molar-refractivity contribution in [2.75, 3.05) is 7.11 Å². The largest absolute Gasteiger partial charge is 0.288 e. The Bertz CT molecular complexity index is 329. The SMILES string of the molecule is CONC(=O)c1ccc(SC(F)F)cc1. The number of thioether (sulfide) groups is 1. The van der Waals surface area contributed by atoms with Crippen LogP contribution in [0.1, 0.15) is 10.4 Å². The topological polar surface area (TPSA) is 38.3 Å². The highest BCUT2D eigenvalue weighted by Gasteiger charge is 2.07. The van der Waals surface area contributed by atoms with E-state index in [2.05, 4.69) is 10.3 Å². The third-order valence-electron chi connectivity index (χ3n) is 1.54. The first kappa shape index (κ1) is 11.9. The molecule has 15 heavy (non-hydrogen) atoms. The molecule has 0 aliphatic rings. The van der Waals surface area contributed by atoms with Gasteiger partial charge in [0.25, 0.3) is 11.7 Å². The summed E-state index contributed by atoms with van der Waals surface area (Å²) >= 11 is 0.436. The zero-order chi connectivity index (χ0) is 11.3. The molecule has 0 bridgehead atoms. The van der Waals surface area contributed by atoms with Gasteiger partial charge in [0.05, 0.1) is 7.11 Å². The molecular formula is C9H9F2NO2S. The second kappa shape index (κ2) is 5.67. The van der Waals surface area contributed by atoms with Crippen molar-refractivity contribution in [3.63, 3.8) is 0 Å². The quantitative estimate of drug-likeness (QED) is 0.640. The van der Waals surface area contributed by atoms with E-state index in [1.165, 1.54) is 31.4 Å². The van der Waals surface area contributed by atoms with Gasteiger partial charge in [-0.05, 0) is 24.3 Å². The maximum absolute atomic E-state index is 12.0. The average molecular weight is 233 g/mol. The Morgan fingerprint density at radius 3 is 2.47 bits per heavy atom. The van der Waals surface area contributed by atoms with E-state index in [0.717, 1.165) is 0 Å². The van der Waals surface area contributed by atoms with Crippen LogP contribution in [0.2, 0.25) is 0 Å². The van der Waals surface area contributed by atoms with Crippen LogP contribution < -0.4 is 5.48 Å². The maximum Gasteiger partial charge on any atom is 0.288 e. The van der Waals surface area contributed by atoms with Gasteiger partial charge in [0, 0.05) is 10.5 Å². The van der Waals surface area contributed by atoms with Crippen molar-refractivity contribution in [3.8, 4) is 0 Å². The number of carbonyl (C=O) groups is 1. The van der Waals surface area contributed by atoms with Crippen molar-refractivity contribution in [3.05, 3.63) is 29.8 Å². The van der Waals surface area contributed by atoms with Gasteiger partial charge in [-0.25, -0.2) is 5.48 Å². The van der Waals surface area contributed by atoms with Crippen molar-refractivity contribution in [2.45, 2.75) is 10.7 Å². The fourth-order valence-electron chi connectivity index (χ4n) is 0.939. The fourth-order valence-corrected chi connectivity index (χ4v) is 1.44. The van der Waals surface area contributed by atoms with Crippen molar-refractivity contribution >= 4 is 17.7 Å². The third-order valence-corrected chi connectivity index (χ3v) is 2.26. The van der Waals surface area contributed by atoms with Gasteiger partial charge in [0.15, 0.2) is 0 Å². The highest BCUT2D eigenvalue weighted by molar-refractivity contribution is 7.99. The van der Waals surface area contributed by atoms with Crippen LogP contribution >= 0.6 is 11.8 Å². The molecule has 0 saturated heterocycles. The summed E-state index contributed by atoms with van der Waals surface area (Å²) in [5.74, 6) is -2.87. The smallest absolute Gasteiger partial charge is 0.277 e. The number of hydroxylamine groups is 1. The molecule has 0 heterocycles. The minimum absolute atomic E-state index is 0.357. The third kappa shape index (κ3) is 3.85. The van der Waals surface area contributed by atoms with E-state index in [0.29, 0.717) is 22.2 Å². The van der Waals surface area contributed by atoms with Crippen molar-refractivity contribution in [1.82, 2.24) is 5.48 Å². The zero-order valence-corrected chi connectivity index (χ0v) is 8.68. The predicted octanol–water partition coefficient (Wildman–Crippen LogP) is 2.29. The molecule has 3 nitrogen and oxygen atoms in total. The maximum atomic E-state index is 12.0. The molecule has 0 unspecified atom stereocenters. The van der Waals surface area contributed by atoms with E-state index in [1.54, 1.807) is 0 Å². The fraction of sp³-hybridized carbons (Fsp3) is 0.222. The minimum atomic E-state index is -2.45. The van der Waals surface area contributed by atoms with Gasteiger partial charge in [-0.2, -0.15) is 8.78 Å². The number of nitrogens with one attached hydrogen (secondary N) is 1. The van der Waals surface area contributed by atoms with Crippen LogP contribution in [0.15, 0.2) is 29.2 Å². The lowest BCUT2D eigenvalue weighted by Gasteiger charge is -2.03. The lowest BCUT2D eigenvalue weighted by Crippen LogP contribution is -2.21. The first-order valence-corrected chi connectivity index (χ1v) is 4.89. The normalized spacial score (nSPS) is 10.4. The molecule has 0 aliphatic heterocycles. The molecule has 6 heteroatoms. The highest BCUT2D eigenvalue weighted by Crippen LogP contribution is 2.24. The van der Waals surface area contributed by atoms with E-state index in [9.17, 15) is 13.6 Å². The van der Waals surface area contributed by atoms with E-state index < -0.39 is 11.7 Å². The summed E-state index contributed by atoms with van der Waals surface area (Å²) in [5.41, 5.74) is 2.49. The molecule has 1 aromatic carbocycles. The molecule has 0 aliphatic carbocycles. The summed E-state index contributed by atoms with van der Waals surface area (Å²) in [6, 6.07) is 5.83. The van der Waals surface area contributed by atoms with Crippen LogP contribution in [0, 0.1) is 0 Å². The summed E-state index contributed by atoms with van der Waals surface area (Å²) in [6.07, 6.45) is 0. The van der Waals surface area contributed by atoms with E-state index in [-0.39, 0.29) is 0 Å². The van der Waals surface area contributed by atoms with Gasteiger partial charge in [-0.3, -0.25) is 9.63 Å². The summed E-state index contributed by atoms with van der Waals surface area (Å²) < 4.78 is 23.9. The van der Waals surface area contributed by atoms with Gasteiger partial charge in [0.1, 0.15) is 0 Å². The molecular weight excluding hydrogens is 224 g/mol. The number of rotatable bonds is 4. The van der Waals surface area contributed by atoms with Gasteiger partial charge in [-0.15, -0.1) is 0 Å². The van der Waals surface area contributed by atoms with E-state index >= 15 is 0 Å². The molecule has 0 aromatic heterocycles. The molecule has 0 radical (unpaired) electrons. The van der Waals surface area contributed by atoms with Crippen LogP contribution in [0.4, 0.5) is 8.78 Å². The molecule has 0 spiro atoms. The van der Waals surface area contributed by atoms with Crippen molar-refractivity contribution < 1.29 is 18.4 Å². The first-order chi connectivity index (χ1) is 7.13. The molecule has 1 aromatic rings. The Morgan fingerprint density at radius 2 is 2.00 bits per heavy atom.